The molecule has 27 heavy (non-hydrogen) atoms. The first-order valence-electron chi connectivity index (χ1n) is 9.30. The summed E-state index contributed by atoms with van der Waals surface area (Å²) in [6.07, 6.45) is 0. The molecule has 144 valence electrons. The number of aryl methyl sites for hydroxylation is 2. The Morgan fingerprint density at radius 2 is 1.74 bits per heavy atom. The first-order chi connectivity index (χ1) is 13.0. The summed E-state index contributed by atoms with van der Waals surface area (Å²) in [5, 5.41) is 5.55. The molecule has 0 aromatic heterocycles. The molecule has 0 bridgehead atoms. The van der Waals surface area contributed by atoms with E-state index in [-0.39, 0.29) is 12.8 Å². The molecule has 0 radical (unpaired) electrons. The molecule has 0 unspecified atom stereocenters. The summed E-state index contributed by atoms with van der Waals surface area (Å²) in [4.78, 5) is 16.7. The molecule has 2 aromatic rings. The van der Waals surface area contributed by atoms with Gasteiger partial charge in [0.1, 0.15) is 5.75 Å². The topological polar surface area (TPSA) is 56.8 Å². The molecule has 0 aliphatic carbocycles. The first-order valence-corrected chi connectivity index (χ1v) is 9.30. The zero-order valence-electron chi connectivity index (χ0n) is 16.3. The molecule has 1 heterocycles. The standard InChI is InChI=1S/C21H28N4O2/c1-16-4-9-20(17(2)14-16)27-15-22-21(26)23-18-5-7-19(8-6-18)25-12-10-24(3)11-13-25/h4-9,14H,10-13,15H2,1-3H3,(H2,22,23,26). The van der Waals surface area contributed by atoms with Crippen molar-refractivity contribution in [3.05, 3.63) is 53.6 Å². The number of nitrogens with zero attached hydrogens (tertiary/aromatic N) is 2. The number of amides is 2. The molecule has 0 atom stereocenters. The minimum atomic E-state index is -0.285. The van der Waals surface area contributed by atoms with E-state index < -0.39 is 0 Å². The summed E-state index contributed by atoms with van der Waals surface area (Å²) < 4.78 is 5.62. The first kappa shape index (κ1) is 19.0. The molecular weight excluding hydrogens is 340 g/mol. The summed E-state index contributed by atoms with van der Waals surface area (Å²) >= 11 is 0. The van der Waals surface area contributed by atoms with Gasteiger partial charge in [-0.25, -0.2) is 4.79 Å². The lowest BCUT2D eigenvalue weighted by atomic mass is 10.1. The van der Waals surface area contributed by atoms with Gasteiger partial charge in [-0.1, -0.05) is 17.7 Å². The van der Waals surface area contributed by atoms with Gasteiger partial charge in [0.15, 0.2) is 6.73 Å². The van der Waals surface area contributed by atoms with Crippen LogP contribution in [0.4, 0.5) is 16.2 Å². The highest BCUT2D eigenvalue weighted by atomic mass is 16.5. The van der Waals surface area contributed by atoms with E-state index in [1.54, 1.807) is 0 Å². The van der Waals surface area contributed by atoms with Crippen molar-refractivity contribution in [3.63, 3.8) is 0 Å². The highest BCUT2D eigenvalue weighted by Gasteiger charge is 2.14. The largest absolute Gasteiger partial charge is 0.473 e. The van der Waals surface area contributed by atoms with Crippen LogP contribution >= 0.6 is 0 Å². The minimum Gasteiger partial charge on any atom is -0.473 e. The zero-order chi connectivity index (χ0) is 19.2. The van der Waals surface area contributed by atoms with Crippen LogP contribution in [0.2, 0.25) is 0 Å². The van der Waals surface area contributed by atoms with Crippen LogP contribution in [-0.2, 0) is 0 Å². The van der Waals surface area contributed by atoms with Gasteiger partial charge < -0.3 is 25.2 Å². The van der Waals surface area contributed by atoms with Gasteiger partial charge >= 0.3 is 6.03 Å². The number of carbonyl (C=O) groups is 1. The van der Waals surface area contributed by atoms with Gasteiger partial charge in [0.2, 0.25) is 0 Å². The van der Waals surface area contributed by atoms with Crippen molar-refractivity contribution < 1.29 is 9.53 Å². The van der Waals surface area contributed by atoms with Crippen LogP contribution in [0.3, 0.4) is 0 Å². The van der Waals surface area contributed by atoms with Crippen molar-refractivity contribution in [2.24, 2.45) is 0 Å². The SMILES string of the molecule is Cc1ccc(OCNC(=O)Nc2ccc(N3CCN(C)CC3)cc2)c(C)c1. The number of anilines is 2. The Bertz CT molecular complexity index is 768. The van der Waals surface area contributed by atoms with E-state index in [2.05, 4.69) is 33.5 Å². The maximum absolute atomic E-state index is 12.0. The van der Waals surface area contributed by atoms with E-state index in [1.165, 1.54) is 11.3 Å². The molecule has 0 saturated carbocycles. The average Bonchev–Trinajstić information content (AvgIpc) is 2.65. The second-order valence-corrected chi connectivity index (χ2v) is 7.03. The second-order valence-electron chi connectivity index (χ2n) is 7.03. The lowest BCUT2D eigenvalue weighted by molar-refractivity contribution is 0.234. The number of piperazine rings is 1. The number of rotatable bonds is 5. The maximum atomic E-state index is 12.0. The monoisotopic (exact) mass is 368 g/mol. The van der Waals surface area contributed by atoms with Crippen LogP contribution < -0.4 is 20.3 Å². The quantitative estimate of drug-likeness (QED) is 0.796. The Kier molecular flexibility index (Phi) is 6.19. The predicted molar refractivity (Wildman–Crippen MR) is 110 cm³/mol. The number of nitrogens with one attached hydrogen (secondary N) is 2. The second kappa shape index (κ2) is 8.77. The number of benzene rings is 2. The Balaban J connectivity index is 1.45. The van der Waals surface area contributed by atoms with Crippen molar-refractivity contribution in [2.45, 2.75) is 13.8 Å². The van der Waals surface area contributed by atoms with Gasteiger partial charge in [0.25, 0.3) is 0 Å². The van der Waals surface area contributed by atoms with Crippen LogP contribution in [0, 0.1) is 13.8 Å². The fraction of sp³-hybridized carbons (Fsp3) is 0.381. The Hall–Kier alpha value is -2.73. The highest BCUT2D eigenvalue weighted by Crippen LogP contribution is 2.20. The minimum absolute atomic E-state index is 0.120. The lowest BCUT2D eigenvalue weighted by Crippen LogP contribution is -2.44. The summed E-state index contributed by atoms with van der Waals surface area (Å²) in [5.74, 6) is 0.775. The van der Waals surface area contributed by atoms with Crippen LogP contribution in [0.15, 0.2) is 42.5 Å². The van der Waals surface area contributed by atoms with E-state index in [0.717, 1.165) is 43.2 Å². The molecule has 2 amide bonds. The van der Waals surface area contributed by atoms with Gasteiger partial charge in [-0.05, 0) is 56.8 Å². The number of ether oxygens (including phenoxy) is 1. The van der Waals surface area contributed by atoms with E-state index in [0.29, 0.717) is 0 Å². The van der Waals surface area contributed by atoms with Gasteiger partial charge in [-0.2, -0.15) is 0 Å². The van der Waals surface area contributed by atoms with Crippen molar-refractivity contribution in [1.29, 1.82) is 0 Å². The molecule has 1 aliphatic heterocycles. The van der Waals surface area contributed by atoms with Crippen molar-refractivity contribution in [2.75, 3.05) is 50.2 Å². The van der Waals surface area contributed by atoms with Crippen molar-refractivity contribution in [1.82, 2.24) is 10.2 Å². The Morgan fingerprint density at radius 3 is 2.41 bits per heavy atom. The molecule has 6 heteroatoms. The van der Waals surface area contributed by atoms with Crippen molar-refractivity contribution >= 4 is 17.4 Å². The molecular formula is C21H28N4O2. The fourth-order valence-electron chi connectivity index (χ4n) is 3.14. The Labute approximate surface area is 161 Å². The summed E-state index contributed by atoms with van der Waals surface area (Å²) in [6, 6.07) is 13.6. The van der Waals surface area contributed by atoms with Gasteiger partial charge in [0, 0.05) is 37.6 Å². The number of carbonyl (C=O) groups excluding carboxylic acids is 1. The Morgan fingerprint density at radius 1 is 1.04 bits per heavy atom. The van der Waals surface area contributed by atoms with Gasteiger partial charge in [-0.15, -0.1) is 0 Å². The summed E-state index contributed by atoms with van der Waals surface area (Å²) in [5.41, 5.74) is 4.19. The smallest absolute Gasteiger partial charge is 0.321 e. The summed E-state index contributed by atoms with van der Waals surface area (Å²) in [6.45, 7) is 8.35. The summed E-state index contributed by atoms with van der Waals surface area (Å²) in [7, 11) is 2.15. The molecule has 1 aliphatic rings. The van der Waals surface area contributed by atoms with Crippen LogP contribution in [0.25, 0.3) is 0 Å². The van der Waals surface area contributed by atoms with E-state index in [1.807, 2.05) is 50.2 Å². The third-order valence-electron chi connectivity index (χ3n) is 4.78. The lowest BCUT2D eigenvalue weighted by Gasteiger charge is -2.34. The number of urea groups is 1. The van der Waals surface area contributed by atoms with E-state index in [9.17, 15) is 4.79 Å². The zero-order valence-corrected chi connectivity index (χ0v) is 16.3. The highest BCUT2D eigenvalue weighted by molar-refractivity contribution is 5.89. The molecule has 0 spiro atoms. The van der Waals surface area contributed by atoms with Gasteiger partial charge in [-0.3, -0.25) is 0 Å². The molecule has 2 aromatic carbocycles. The van der Waals surface area contributed by atoms with Crippen molar-refractivity contribution in [3.8, 4) is 5.75 Å². The molecule has 6 nitrogen and oxygen atoms in total. The molecule has 1 saturated heterocycles. The third kappa shape index (κ3) is 5.37. The van der Waals surface area contributed by atoms with Crippen LogP contribution in [-0.4, -0.2) is 50.9 Å². The molecule has 2 N–H and O–H groups in total. The number of hydrogen-bond donors (Lipinski definition) is 2. The van der Waals surface area contributed by atoms with E-state index >= 15 is 0 Å². The number of likely N-dealkylation sites (N-methyl/N-ethyl adjacent to an activating group) is 1. The normalized spacial score (nSPS) is 14.7. The predicted octanol–water partition coefficient (Wildman–Crippen LogP) is 3.21. The molecule has 3 rings (SSSR count). The average molecular weight is 368 g/mol. The van der Waals surface area contributed by atoms with E-state index in [4.69, 9.17) is 4.74 Å². The van der Waals surface area contributed by atoms with Crippen LogP contribution in [0.5, 0.6) is 5.75 Å². The number of hydrogen-bond acceptors (Lipinski definition) is 4. The molecule has 1 fully saturated rings. The maximum Gasteiger partial charge on any atom is 0.321 e. The third-order valence-corrected chi connectivity index (χ3v) is 4.78. The van der Waals surface area contributed by atoms with Gasteiger partial charge in [0.05, 0.1) is 0 Å². The fourth-order valence-corrected chi connectivity index (χ4v) is 3.14. The van der Waals surface area contributed by atoms with Crippen LogP contribution in [0.1, 0.15) is 11.1 Å².